The zero-order chi connectivity index (χ0) is 24.4. The molecule has 0 spiro atoms. The van der Waals surface area contributed by atoms with Gasteiger partial charge in [-0.2, -0.15) is 10.4 Å². The van der Waals surface area contributed by atoms with Crippen LogP contribution in [-0.2, 0) is 6.54 Å². The van der Waals surface area contributed by atoms with Gasteiger partial charge in [0.25, 0.3) is 0 Å². The molecule has 1 unspecified atom stereocenters. The molecule has 0 saturated heterocycles. The number of ether oxygens (including phenoxy) is 1. The lowest BCUT2D eigenvalue weighted by Gasteiger charge is -2.19. The number of H-pyrrole nitrogens is 1. The predicted octanol–water partition coefficient (Wildman–Crippen LogP) is 4.06. The summed E-state index contributed by atoms with van der Waals surface area (Å²) < 4.78 is 24.1. The van der Waals surface area contributed by atoms with E-state index in [4.69, 9.17) is 10.00 Å². The molecule has 34 heavy (non-hydrogen) atoms. The van der Waals surface area contributed by atoms with Crippen LogP contribution in [0.1, 0.15) is 35.7 Å². The highest BCUT2D eigenvalue weighted by atomic mass is 79.9. The Balaban J connectivity index is 1.74. The third-order valence-electron chi connectivity index (χ3n) is 4.98. The number of halogens is 2. The average molecular weight is 527 g/mol. The van der Waals surface area contributed by atoms with Crippen molar-refractivity contribution < 1.29 is 18.6 Å². The van der Waals surface area contributed by atoms with E-state index >= 15 is 0 Å². The van der Waals surface area contributed by atoms with E-state index < -0.39 is 22.7 Å². The topological polar surface area (TPSA) is 127 Å². The Morgan fingerprint density at radius 3 is 2.91 bits per heavy atom. The van der Waals surface area contributed by atoms with Crippen molar-refractivity contribution in [2.24, 2.45) is 0 Å². The molecule has 0 bridgehead atoms. The molecule has 3 heterocycles. The average Bonchev–Trinajstić information content (AvgIpc) is 3.39. The molecule has 4 rings (SSSR count). The number of rotatable bonds is 7. The highest BCUT2D eigenvalue weighted by Crippen LogP contribution is 2.33. The second kappa shape index (κ2) is 9.40. The van der Waals surface area contributed by atoms with Crippen molar-refractivity contribution in [2.75, 3.05) is 0 Å². The molecule has 1 aromatic carbocycles. The van der Waals surface area contributed by atoms with E-state index in [-0.39, 0.29) is 5.75 Å². The maximum absolute atomic E-state index is 14.3. The quantitative estimate of drug-likeness (QED) is 0.220. The maximum atomic E-state index is 14.3. The van der Waals surface area contributed by atoms with Crippen molar-refractivity contribution in [1.29, 1.82) is 5.26 Å². The van der Waals surface area contributed by atoms with Crippen LogP contribution in [0.3, 0.4) is 0 Å². The molecule has 172 valence electrons. The molecule has 4 aromatic rings. The van der Waals surface area contributed by atoms with Gasteiger partial charge in [-0.05, 0) is 64.0 Å². The molecule has 0 saturated carbocycles. The number of imidazole rings is 1. The van der Waals surface area contributed by atoms with Crippen LogP contribution in [0.5, 0.6) is 5.75 Å². The van der Waals surface area contributed by atoms with Crippen LogP contribution in [0.25, 0.3) is 5.69 Å². The number of aryl methyl sites for hydroxylation is 1. The molecule has 1 atom stereocenters. The fourth-order valence-electron chi connectivity index (χ4n) is 3.54. The molecule has 10 nitrogen and oxygen atoms in total. The van der Waals surface area contributed by atoms with Crippen molar-refractivity contribution in [3.63, 3.8) is 0 Å². The van der Waals surface area contributed by atoms with E-state index in [0.717, 1.165) is 11.4 Å². The Bertz CT molecular complexity index is 1430. The number of nitrogens with one attached hydrogen (secondary N) is 1. The van der Waals surface area contributed by atoms with Gasteiger partial charge >= 0.3 is 5.82 Å². The number of nitro groups is 1. The standard InChI is InChI=1S/C22H17BrFN7O3/c1-13-5-18(11-29-10-17(8-25)27-12-29)30(28-13)20-4-3-16(24)7-19(20)14(2)34-21-6-15(23)9-26-22(21)31(32)33/h3-7,9-10,12,14H,11H2,1-2H3/p+1. The number of pyridine rings is 1. The van der Waals surface area contributed by atoms with Gasteiger partial charge in [0.1, 0.15) is 30.7 Å². The van der Waals surface area contributed by atoms with Crippen LogP contribution in [0, 0.1) is 34.2 Å². The second-order valence-corrected chi connectivity index (χ2v) is 8.40. The molecule has 1 N–H and O–H groups in total. The lowest BCUT2D eigenvalue weighted by atomic mass is 10.1. The summed E-state index contributed by atoms with van der Waals surface area (Å²) in [5.74, 6) is -0.980. The monoisotopic (exact) mass is 526 g/mol. The van der Waals surface area contributed by atoms with E-state index in [1.807, 2.05) is 19.1 Å². The molecule has 0 aliphatic carbocycles. The van der Waals surface area contributed by atoms with Gasteiger partial charge in [-0.15, -0.1) is 0 Å². The number of aromatic amines is 1. The van der Waals surface area contributed by atoms with Crippen molar-refractivity contribution in [3.05, 3.63) is 92.1 Å². The molecule has 0 aliphatic rings. The van der Waals surface area contributed by atoms with Gasteiger partial charge in [0, 0.05) is 11.6 Å². The third kappa shape index (κ3) is 4.79. The minimum Gasteiger partial charge on any atom is -0.478 e. The van der Waals surface area contributed by atoms with Gasteiger partial charge in [-0.1, -0.05) is 0 Å². The summed E-state index contributed by atoms with van der Waals surface area (Å²) in [5, 5.41) is 25.0. The fraction of sp³-hybridized carbons (Fsp3) is 0.182. The van der Waals surface area contributed by atoms with Crippen LogP contribution in [0.2, 0.25) is 0 Å². The molecule has 0 radical (unpaired) electrons. The number of nitriles is 1. The van der Waals surface area contributed by atoms with Crippen LogP contribution in [0.15, 0.2) is 53.5 Å². The second-order valence-electron chi connectivity index (χ2n) is 7.48. The molecular formula is C22H18BrFN7O3+. The lowest BCUT2D eigenvalue weighted by molar-refractivity contribution is -0.687. The Hall–Kier alpha value is -4.11. The first kappa shape index (κ1) is 23.1. The maximum Gasteiger partial charge on any atom is 0.406 e. The van der Waals surface area contributed by atoms with Crippen LogP contribution < -0.4 is 9.30 Å². The number of nitrogens with zero attached hydrogens (tertiary/aromatic N) is 6. The zero-order valence-electron chi connectivity index (χ0n) is 18.1. The fourth-order valence-corrected chi connectivity index (χ4v) is 3.85. The first-order valence-corrected chi connectivity index (χ1v) is 10.8. The lowest BCUT2D eigenvalue weighted by Crippen LogP contribution is -2.32. The summed E-state index contributed by atoms with van der Waals surface area (Å²) in [6, 6.07) is 9.57. The number of hydrogen-bond acceptors (Lipinski definition) is 6. The van der Waals surface area contributed by atoms with Crippen molar-refractivity contribution in [1.82, 2.24) is 19.7 Å². The van der Waals surface area contributed by atoms with Gasteiger partial charge in [0.2, 0.25) is 17.8 Å². The normalized spacial score (nSPS) is 11.7. The smallest absolute Gasteiger partial charge is 0.406 e. The first-order valence-electron chi connectivity index (χ1n) is 10.0. The number of hydrogen-bond donors (Lipinski definition) is 1. The van der Waals surface area contributed by atoms with Crippen molar-refractivity contribution >= 4 is 21.7 Å². The summed E-state index contributed by atoms with van der Waals surface area (Å²) in [6.07, 6.45) is 3.87. The number of aromatic nitrogens is 5. The van der Waals surface area contributed by atoms with Crippen LogP contribution in [-0.4, -0.2) is 24.7 Å². The molecule has 12 heteroatoms. The Morgan fingerprint density at radius 2 is 2.21 bits per heavy atom. The van der Waals surface area contributed by atoms with Gasteiger partial charge in [-0.3, -0.25) is 0 Å². The highest BCUT2D eigenvalue weighted by Gasteiger charge is 2.24. The van der Waals surface area contributed by atoms with E-state index in [2.05, 4.69) is 31.0 Å². The van der Waals surface area contributed by atoms with E-state index in [9.17, 15) is 14.5 Å². The summed E-state index contributed by atoms with van der Waals surface area (Å²) in [5.41, 5.74) is 2.93. The molecule has 0 amide bonds. The molecule has 0 aliphatic heterocycles. The molecular weight excluding hydrogens is 509 g/mol. The summed E-state index contributed by atoms with van der Waals surface area (Å²) in [6.45, 7) is 3.90. The molecule has 3 aromatic heterocycles. The predicted molar refractivity (Wildman–Crippen MR) is 121 cm³/mol. The minimum atomic E-state index is -0.775. The van der Waals surface area contributed by atoms with E-state index in [1.54, 1.807) is 34.8 Å². The van der Waals surface area contributed by atoms with Gasteiger partial charge < -0.3 is 14.9 Å². The summed E-state index contributed by atoms with van der Waals surface area (Å²) in [4.78, 5) is 17.4. The SMILES string of the molecule is Cc1cc(C[n+]2c[nH]c(C#N)c2)n(-c2ccc(F)cc2C(C)Oc2cc(Br)cnc2[N+](=O)[O-])n1. The Labute approximate surface area is 201 Å². The van der Waals surface area contributed by atoms with Gasteiger partial charge in [-0.25, -0.2) is 18.6 Å². The minimum absolute atomic E-state index is 0.0501. The summed E-state index contributed by atoms with van der Waals surface area (Å²) >= 11 is 3.24. The Kier molecular flexibility index (Phi) is 6.38. The van der Waals surface area contributed by atoms with Crippen molar-refractivity contribution in [3.8, 4) is 17.5 Å². The first-order chi connectivity index (χ1) is 16.2. The summed E-state index contributed by atoms with van der Waals surface area (Å²) in [7, 11) is 0. The van der Waals surface area contributed by atoms with E-state index in [1.165, 1.54) is 24.4 Å². The molecule has 0 fully saturated rings. The Morgan fingerprint density at radius 1 is 1.41 bits per heavy atom. The van der Waals surface area contributed by atoms with Crippen molar-refractivity contribution in [2.45, 2.75) is 26.5 Å². The largest absolute Gasteiger partial charge is 0.478 e. The highest BCUT2D eigenvalue weighted by molar-refractivity contribution is 9.10. The zero-order valence-corrected chi connectivity index (χ0v) is 19.7. The van der Waals surface area contributed by atoms with Gasteiger partial charge in [0.15, 0.2) is 6.20 Å². The van der Waals surface area contributed by atoms with Crippen LogP contribution in [0.4, 0.5) is 10.2 Å². The third-order valence-corrected chi connectivity index (χ3v) is 5.42. The number of benzene rings is 1. The van der Waals surface area contributed by atoms with Crippen LogP contribution >= 0.6 is 15.9 Å². The van der Waals surface area contributed by atoms with Gasteiger partial charge in [0.05, 0.1) is 21.5 Å². The van der Waals surface area contributed by atoms with E-state index in [0.29, 0.717) is 28.0 Å².